The average molecular weight is 219 g/mol. The number of hydrogen-bond acceptors (Lipinski definition) is 2. The van der Waals surface area contributed by atoms with Crippen LogP contribution in [0.1, 0.15) is 37.3 Å². The first-order valence-electron chi connectivity index (χ1n) is 6.14. The minimum absolute atomic E-state index is 0.116. The van der Waals surface area contributed by atoms with Crippen molar-refractivity contribution in [3.05, 3.63) is 35.4 Å². The van der Waals surface area contributed by atoms with Gasteiger partial charge in [0.2, 0.25) is 0 Å². The van der Waals surface area contributed by atoms with Crippen molar-refractivity contribution in [3.63, 3.8) is 0 Å². The summed E-state index contributed by atoms with van der Waals surface area (Å²) in [7, 11) is 0. The molecule has 1 aromatic rings. The molecule has 0 spiro atoms. The number of nitrogens with zero attached hydrogens (tertiary/aromatic N) is 1. The molecule has 0 aliphatic carbocycles. The van der Waals surface area contributed by atoms with Crippen LogP contribution in [0.3, 0.4) is 0 Å². The molecule has 16 heavy (non-hydrogen) atoms. The van der Waals surface area contributed by atoms with Crippen LogP contribution in [0.15, 0.2) is 24.3 Å². The van der Waals surface area contributed by atoms with E-state index in [2.05, 4.69) is 43.0 Å². The molecule has 2 nitrogen and oxygen atoms in total. The van der Waals surface area contributed by atoms with Crippen molar-refractivity contribution in [1.82, 2.24) is 4.90 Å². The first-order valence-corrected chi connectivity index (χ1v) is 6.14. The normalized spacial score (nSPS) is 21.9. The van der Waals surface area contributed by atoms with Crippen LogP contribution in [-0.2, 0) is 6.54 Å². The lowest BCUT2D eigenvalue weighted by atomic mass is 10.0. The lowest BCUT2D eigenvalue weighted by Crippen LogP contribution is -2.21. The molecule has 1 aliphatic rings. The van der Waals surface area contributed by atoms with E-state index in [1.165, 1.54) is 11.1 Å². The molecule has 1 N–H and O–H groups in total. The topological polar surface area (TPSA) is 23.5 Å². The molecule has 1 aromatic carbocycles. The molecule has 1 heterocycles. The third-order valence-corrected chi connectivity index (χ3v) is 3.30. The van der Waals surface area contributed by atoms with Gasteiger partial charge in [-0.1, -0.05) is 38.1 Å². The zero-order chi connectivity index (χ0) is 11.5. The second kappa shape index (κ2) is 4.98. The molecule has 1 saturated heterocycles. The first kappa shape index (κ1) is 11.6. The lowest BCUT2D eigenvalue weighted by molar-refractivity contribution is 0.175. The molecule has 0 saturated carbocycles. The summed E-state index contributed by atoms with van der Waals surface area (Å²) in [5.41, 5.74) is 2.74. The number of aliphatic hydroxyl groups is 1. The Morgan fingerprint density at radius 3 is 2.50 bits per heavy atom. The number of aliphatic hydroxyl groups excluding tert-OH is 1. The monoisotopic (exact) mass is 219 g/mol. The SMILES string of the molecule is CC(C)c1ccc(CN2CC[C@H](O)C2)cc1. The van der Waals surface area contributed by atoms with Crippen molar-refractivity contribution in [3.8, 4) is 0 Å². The highest BCUT2D eigenvalue weighted by Crippen LogP contribution is 2.17. The Hall–Kier alpha value is -0.860. The Kier molecular flexibility index (Phi) is 3.62. The van der Waals surface area contributed by atoms with Crippen molar-refractivity contribution in [1.29, 1.82) is 0 Å². The molecule has 0 bridgehead atoms. The van der Waals surface area contributed by atoms with E-state index in [9.17, 15) is 5.11 Å². The average Bonchev–Trinajstić information content (AvgIpc) is 2.65. The Bertz CT molecular complexity index is 331. The fourth-order valence-electron chi connectivity index (χ4n) is 2.22. The molecule has 88 valence electrons. The molecule has 0 unspecified atom stereocenters. The summed E-state index contributed by atoms with van der Waals surface area (Å²) in [6.45, 7) is 7.24. The van der Waals surface area contributed by atoms with Crippen molar-refractivity contribution in [2.24, 2.45) is 0 Å². The van der Waals surface area contributed by atoms with Crippen LogP contribution in [0.2, 0.25) is 0 Å². The number of rotatable bonds is 3. The summed E-state index contributed by atoms with van der Waals surface area (Å²) in [6.07, 6.45) is 0.805. The molecule has 1 atom stereocenters. The van der Waals surface area contributed by atoms with Crippen LogP contribution in [0.4, 0.5) is 0 Å². The third kappa shape index (κ3) is 2.83. The summed E-state index contributed by atoms with van der Waals surface area (Å²) in [6, 6.07) is 8.85. The van der Waals surface area contributed by atoms with E-state index in [1.807, 2.05) is 0 Å². The highest BCUT2D eigenvalue weighted by Gasteiger charge is 2.19. The first-order chi connectivity index (χ1) is 7.65. The quantitative estimate of drug-likeness (QED) is 0.843. The molecule has 0 radical (unpaired) electrons. The van der Waals surface area contributed by atoms with Gasteiger partial charge in [-0.25, -0.2) is 0 Å². The van der Waals surface area contributed by atoms with Gasteiger partial charge in [0.1, 0.15) is 0 Å². The number of β-amino-alcohol motifs (C(OH)–C–C–N with tert-alkyl or cyclic N) is 1. The van der Waals surface area contributed by atoms with Gasteiger partial charge in [-0.05, 0) is 23.5 Å². The van der Waals surface area contributed by atoms with Crippen LogP contribution in [0.5, 0.6) is 0 Å². The van der Waals surface area contributed by atoms with Crippen LogP contribution < -0.4 is 0 Å². The maximum atomic E-state index is 9.45. The van der Waals surface area contributed by atoms with E-state index in [0.29, 0.717) is 5.92 Å². The fraction of sp³-hybridized carbons (Fsp3) is 0.571. The van der Waals surface area contributed by atoms with Crippen LogP contribution in [-0.4, -0.2) is 29.2 Å². The predicted octanol–water partition coefficient (Wildman–Crippen LogP) is 2.38. The van der Waals surface area contributed by atoms with E-state index >= 15 is 0 Å². The van der Waals surface area contributed by atoms with E-state index in [0.717, 1.165) is 26.1 Å². The van der Waals surface area contributed by atoms with Crippen LogP contribution in [0, 0.1) is 0 Å². The molecule has 0 amide bonds. The van der Waals surface area contributed by atoms with Gasteiger partial charge >= 0.3 is 0 Å². The van der Waals surface area contributed by atoms with Crippen molar-refractivity contribution < 1.29 is 5.11 Å². The molecular weight excluding hydrogens is 198 g/mol. The van der Waals surface area contributed by atoms with Crippen LogP contribution >= 0.6 is 0 Å². The third-order valence-electron chi connectivity index (χ3n) is 3.30. The minimum atomic E-state index is -0.116. The summed E-state index contributed by atoms with van der Waals surface area (Å²) in [5, 5.41) is 9.45. The summed E-state index contributed by atoms with van der Waals surface area (Å²) >= 11 is 0. The maximum Gasteiger partial charge on any atom is 0.0679 e. The molecule has 1 aliphatic heterocycles. The van der Waals surface area contributed by atoms with Gasteiger partial charge in [-0.15, -0.1) is 0 Å². The van der Waals surface area contributed by atoms with E-state index < -0.39 is 0 Å². The van der Waals surface area contributed by atoms with E-state index in [1.54, 1.807) is 0 Å². The number of hydrogen-bond donors (Lipinski definition) is 1. The van der Waals surface area contributed by atoms with Gasteiger partial charge < -0.3 is 5.11 Å². The zero-order valence-corrected chi connectivity index (χ0v) is 10.2. The highest BCUT2D eigenvalue weighted by molar-refractivity contribution is 5.24. The molecule has 1 fully saturated rings. The van der Waals surface area contributed by atoms with E-state index in [-0.39, 0.29) is 6.10 Å². The van der Waals surface area contributed by atoms with Crippen LogP contribution in [0.25, 0.3) is 0 Å². The molecule has 0 aromatic heterocycles. The van der Waals surface area contributed by atoms with Gasteiger partial charge in [0.25, 0.3) is 0 Å². The second-order valence-corrected chi connectivity index (χ2v) is 5.07. The Morgan fingerprint density at radius 1 is 1.31 bits per heavy atom. The Morgan fingerprint density at radius 2 is 2.00 bits per heavy atom. The summed E-state index contributed by atoms with van der Waals surface area (Å²) in [4.78, 5) is 2.31. The maximum absolute atomic E-state index is 9.45. The van der Waals surface area contributed by atoms with Gasteiger partial charge in [0.05, 0.1) is 6.10 Å². The van der Waals surface area contributed by atoms with Gasteiger partial charge in [-0.2, -0.15) is 0 Å². The van der Waals surface area contributed by atoms with Gasteiger partial charge in [0, 0.05) is 19.6 Å². The molecular formula is C14H21NO. The molecule has 2 rings (SSSR count). The zero-order valence-electron chi connectivity index (χ0n) is 10.2. The largest absolute Gasteiger partial charge is 0.392 e. The smallest absolute Gasteiger partial charge is 0.0679 e. The summed E-state index contributed by atoms with van der Waals surface area (Å²) in [5.74, 6) is 0.600. The van der Waals surface area contributed by atoms with Gasteiger partial charge in [0.15, 0.2) is 0 Å². The standard InChI is InChI=1S/C14H21NO/c1-11(2)13-5-3-12(4-6-13)9-15-8-7-14(16)10-15/h3-6,11,14,16H,7-10H2,1-2H3/t14-/m0/s1. The lowest BCUT2D eigenvalue weighted by Gasteiger charge is -2.15. The van der Waals surface area contributed by atoms with Gasteiger partial charge in [-0.3, -0.25) is 4.90 Å². The predicted molar refractivity (Wildman–Crippen MR) is 66.4 cm³/mol. The second-order valence-electron chi connectivity index (χ2n) is 5.07. The highest BCUT2D eigenvalue weighted by atomic mass is 16.3. The fourth-order valence-corrected chi connectivity index (χ4v) is 2.22. The Balaban J connectivity index is 1.95. The summed E-state index contributed by atoms with van der Waals surface area (Å²) < 4.78 is 0. The number of benzene rings is 1. The minimum Gasteiger partial charge on any atom is -0.392 e. The molecule has 2 heteroatoms. The Labute approximate surface area is 97.9 Å². The van der Waals surface area contributed by atoms with Crippen molar-refractivity contribution >= 4 is 0 Å². The van der Waals surface area contributed by atoms with E-state index in [4.69, 9.17) is 0 Å². The van der Waals surface area contributed by atoms with Crippen molar-refractivity contribution in [2.75, 3.05) is 13.1 Å². The van der Waals surface area contributed by atoms with Crippen molar-refractivity contribution in [2.45, 2.75) is 38.8 Å². The number of likely N-dealkylation sites (tertiary alicyclic amines) is 1.